The fourth-order valence-electron chi connectivity index (χ4n) is 13.7. The number of benzene rings is 5. The van der Waals surface area contributed by atoms with E-state index in [-0.39, 0.29) is 114 Å². The number of sulfonamides is 2. The second kappa shape index (κ2) is 42.7. The Labute approximate surface area is 709 Å². The van der Waals surface area contributed by atoms with Gasteiger partial charge in [0.15, 0.2) is 15.6 Å². The number of pyridine rings is 1. The quantitative estimate of drug-likeness (QED) is 0.0120. The maximum absolute atomic E-state index is 14.1. The number of sulfone groups is 1. The maximum Gasteiger partial charge on any atom is 0.416 e. The van der Waals surface area contributed by atoms with Gasteiger partial charge in [-0.2, -0.15) is 17.6 Å². The smallest absolute Gasteiger partial charge is 0.416 e. The molecule has 123 heavy (non-hydrogen) atoms. The number of halogens is 5. The molecule has 6 heterocycles. The van der Waals surface area contributed by atoms with Crippen LogP contribution in [0.3, 0.4) is 0 Å². The summed E-state index contributed by atoms with van der Waals surface area (Å²) in [5.41, 5.74) is 6.95. The minimum atomic E-state index is -4.51. The number of hydrogen-bond acceptors (Lipinski definition) is 29. The van der Waals surface area contributed by atoms with Crippen LogP contribution >= 0.6 is 11.6 Å². The van der Waals surface area contributed by atoms with Crippen LogP contribution in [0.2, 0.25) is 5.02 Å². The van der Waals surface area contributed by atoms with Gasteiger partial charge in [-0.15, -0.1) is 0 Å². The van der Waals surface area contributed by atoms with Gasteiger partial charge in [0.25, 0.3) is 11.4 Å². The molecule has 0 bridgehead atoms. The summed E-state index contributed by atoms with van der Waals surface area (Å²) in [6, 6.07) is 20.9. The van der Waals surface area contributed by atoms with Crippen LogP contribution in [-0.2, 0) is 78.9 Å². The number of alkyl halides is 3. The first-order valence-corrected chi connectivity index (χ1v) is 43.2. The highest BCUT2D eigenvalue weighted by molar-refractivity contribution is 7.92. The lowest BCUT2D eigenvalue weighted by Crippen LogP contribution is -2.49. The van der Waals surface area contributed by atoms with Crippen LogP contribution in [-0.4, -0.2) is 270 Å². The van der Waals surface area contributed by atoms with Gasteiger partial charge < -0.3 is 74.1 Å². The summed E-state index contributed by atoms with van der Waals surface area (Å²) in [6.07, 6.45) is 0.187. The Bertz CT molecular complexity index is 5400. The third kappa shape index (κ3) is 27.0. The molecule has 3 atom stereocenters. The van der Waals surface area contributed by atoms with E-state index in [4.69, 9.17) is 60.8 Å². The monoisotopic (exact) mass is 1800 g/mol. The molecule has 4 fully saturated rings. The number of primary sulfonamides is 2. The number of ether oxygens (including phenoxy) is 7. The Morgan fingerprint density at radius 1 is 0.650 bits per heavy atom. The number of rotatable bonds is 28. The third-order valence-electron chi connectivity index (χ3n) is 20.2. The number of piperazine rings is 1. The van der Waals surface area contributed by atoms with Crippen molar-refractivity contribution >= 4 is 116 Å². The minimum Gasteiger partial charge on any atom is -0.455 e. The molecule has 9 N–H and O–H groups in total. The predicted molar refractivity (Wildman–Crippen MR) is 441 cm³/mol. The molecule has 5 aliphatic rings. The van der Waals surface area contributed by atoms with Gasteiger partial charge >= 0.3 is 11.9 Å². The number of methoxy groups -OCH3 is 3. The molecule has 2 aromatic heterocycles. The molecule has 3 amide bonds. The molecule has 46 heteroatoms. The molecule has 12 rings (SSSR count). The lowest BCUT2D eigenvalue weighted by atomic mass is 9.72. The number of anilines is 3. The van der Waals surface area contributed by atoms with Gasteiger partial charge in [0.1, 0.15) is 54.1 Å². The lowest BCUT2D eigenvalue weighted by Gasteiger charge is -2.39. The van der Waals surface area contributed by atoms with Crippen LogP contribution in [0.25, 0.3) is 16.6 Å². The van der Waals surface area contributed by atoms with Crippen molar-refractivity contribution in [3.8, 4) is 11.5 Å². The highest BCUT2D eigenvalue weighted by atomic mass is 35.5. The van der Waals surface area contributed by atoms with Crippen molar-refractivity contribution in [3.63, 3.8) is 0 Å². The summed E-state index contributed by atoms with van der Waals surface area (Å²) in [5.74, 6) is -2.93. The van der Waals surface area contributed by atoms with Crippen molar-refractivity contribution in [2.24, 2.45) is 21.4 Å². The Kier molecular flexibility index (Phi) is 33.4. The van der Waals surface area contributed by atoms with Crippen LogP contribution < -0.4 is 36.3 Å². The predicted octanol–water partition coefficient (Wildman–Crippen LogP) is 7.39. The number of nitro groups is 3. The number of nitrogens with one attached hydrogen (secondary N) is 3. The summed E-state index contributed by atoms with van der Waals surface area (Å²) in [7, 11) is -8.17. The van der Waals surface area contributed by atoms with Crippen molar-refractivity contribution in [2.45, 2.75) is 72.3 Å². The van der Waals surface area contributed by atoms with Crippen LogP contribution in [0.4, 0.5) is 51.7 Å². The largest absolute Gasteiger partial charge is 0.455 e. The van der Waals surface area contributed by atoms with Gasteiger partial charge in [-0.3, -0.25) is 54.4 Å². The number of nitro benzene ring substituents is 3. The number of aromatic nitrogens is 2. The van der Waals surface area contributed by atoms with Crippen LogP contribution in [0.5, 0.6) is 11.5 Å². The molecule has 0 spiro atoms. The molecule has 0 saturated carbocycles. The molecule has 4 saturated heterocycles. The number of nitrogens with two attached hydrogens (primary N) is 3. The van der Waals surface area contributed by atoms with Gasteiger partial charge in [0.05, 0.1) is 84.9 Å². The number of carbonyl (C=O) groups is 4. The molecule has 7 aromatic rings. The van der Waals surface area contributed by atoms with E-state index in [1.165, 1.54) is 63.9 Å². The minimum absolute atomic E-state index is 0.00394. The zero-order chi connectivity index (χ0) is 89.9. The number of aromatic amines is 1. The van der Waals surface area contributed by atoms with Gasteiger partial charge in [-0.1, -0.05) is 37.1 Å². The standard InChI is InChI=1S/C49H53ClF3N7O9S.C14H20N4O7S.C8H16N2O3.C6H5FN2O4S/c1-48(2)12-10-32(40(24-48)38-7-4-33(21-41(38)50)49(51,52)53)27-57-14-16-58(17-15-57)34-5-8-39(45(22-34)69-35-20-31-11-13-54-47(31)56-25-35)44(61)30-70(65,66)37-6-9-42(43(23-37)60(63)64)55-26-36-28-59(18-19-68-36)46(62)29-67-3;1-24-9-14(19)17-4-5-25-10(8-17)7-16-12-3-2-11(26(15,22)23)6-13(12)18(20)21;1-12-6-8(11)10-2-3-13-7(4-9)5-10;7-5-2-1-4(14(8,12)13)3-6(5)9(10)11/h4-9,11,13,20-23,25,36,55H,10,12,14-19,24,26-30H2,1-3H3,(H,54,56);2-3,6,10,16H,4-5,7-9H2,1H3,(H2,15,22,23);7H,2-6,9H2,1H3;1-3H,(H2,8,12,13)/t36-;10-;7-;/m000./s1. The van der Waals surface area contributed by atoms with Crippen molar-refractivity contribution in [1.82, 2.24) is 29.6 Å². The second-order valence-electron chi connectivity index (χ2n) is 29.6. The number of nitrogens with zero attached hydrogens (tertiary/aromatic N) is 9. The van der Waals surface area contributed by atoms with Gasteiger partial charge in [0.2, 0.25) is 43.6 Å². The number of H-pyrrole nitrogens is 1. The van der Waals surface area contributed by atoms with E-state index in [9.17, 15) is 92.3 Å². The SMILES string of the molecule is COCC(=O)N1CCO[C@@H](CN)C1.COCC(=O)N1CCO[C@@H](CNc2ccc(S(=O)(=O)CC(=O)c3ccc(N4CCN(CC5=C(c6ccc(C(F)(F)F)cc6Cl)CC(C)(C)CC5)CC4)cc3Oc3cnc4[nH]ccc4c3)cc2[N+](=O)[O-])C1.COCC(=O)N1CCO[C@@H](CNc2ccc(S(N)(=O)=O)cc2[N+](=O)[O-])C1.NS(=O)(=O)c1ccc(F)c([N+](=O)[O-])c1. The topological polar surface area (TPSA) is 512 Å². The van der Waals surface area contributed by atoms with Crippen molar-refractivity contribution in [1.29, 1.82) is 0 Å². The number of allylic oxidation sites excluding steroid dienone is 1. The number of Topliss-reactive ketones (excluding diaryl/α,β-unsaturated/α-hetero) is 1. The van der Waals surface area contributed by atoms with Gasteiger partial charge in [-0.05, 0) is 109 Å². The van der Waals surface area contributed by atoms with Gasteiger partial charge in [0, 0.05) is 160 Å². The number of ketones is 1. The third-order valence-corrected chi connectivity index (χ3v) is 23.9. The summed E-state index contributed by atoms with van der Waals surface area (Å²) in [5, 5.41) is 50.0. The Balaban J connectivity index is 0.000000259. The molecule has 668 valence electrons. The van der Waals surface area contributed by atoms with E-state index in [1.807, 2.05) is 0 Å². The molecule has 0 radical (unpaired) electrons. The summed E-state index contributed by atoms with van der Waals surface area (Å²) >= 11 is 6.54. The maximum atomic E-state index is 14.1. The molecule has 1 aliphatic carbocycles. The number of morpholine rings is 3. The van der Waals surface area contributed by atoms with Crippen molar-refractivity contribution in [3.05, 3.63) is 179 Å². The van der Waals surface area contributed by atoms with E-state index in [2.05, 4.69) is 44.2 Å². The molecule has 4 aliphatic heterocycles. The van der Waals surface area contributed by atoms with E-state index in [0.29, 0.717) is 126 Å². The van der Waals surface area contributed by atoms with E-state index < -0.39 is 107 Å². The summed E-state index contributed by atoms with van der Waals surface area (Å²) < 4.78 is 163. The van der Waals surface area contributed by atoms with Crippen molar-refractivity contribution in [2.75, 3.05) is 174 Å². The van der Waals surface area contributed by atoms with Crippen molar-refractivity contribution < 1.29 is 110 Å². The summed E-state index contributed by atoms with van der Waals surface area (Å²) in [4.78, 5) is 96.4. The highest BCUT2D eigenvalue weighted by Crippen LogP contribution is 2.46. The summed E-state index contributed by atoms with van der Waals surface area (Å²) in [6.45, 7) is 11.9. The number of carbonyl (C=O) groups excluding carboxylic acids is 4. The van der Waals surface area contributed by atoms with E-state index >= 15 is 0 Å². The van der Waals surface area contributed by atoms with E-state index in [1.54, 1.807) is 45.2 Å². The average Bonchev–Trinajstić information content (AvgIpc) is 1.00. The fraction of sp³-hybridized carbons (Fsp3) is 0.442. The fourth-order valence-corrected chi connectivity index (χ4v) is 16.3. The Hall–Kier alpha value is -10.5. The number of amides is 3. The zero-order valence-corrected chi connectivity index (χ0v) is 70.6. The Morgan fingerprint density at radius 3 is 1.66 bits per heavy atom. The highest BCUT2D eigenvalue weighted by Gasteiger charge is 2.36. The Morgan fingerprint density at radius 2 is 1.15 bits per heavy atom. The van der Waals surface area contributed by atoms with Crippen LogP contribution in [0, 0.1) is 41.6 Å². The second-order valence-corrected chi connectivity index (χ2v) is 35.1. The molecule has 0 unspecified atom stereocenters. The van der Waals surface area contributed by atoms with Crippen LogP contribution in [0.15, 0.2) is 136 Å². The van der Waals surface area contributed by atoms with Crippen LogP contribution in [0.1, 0.15) is 54.6 Å². The molecule has 5 aromatic carbocycles. The first-order chi connectivity index (χ1) is 58.1. The van der Waals surface area contributed by atoms with Gasteiger partial charge in [-0.25, -0.2) is 40.5 Å². The average molecular weight is 1810 g/mol. The molecular formula is C77H94ClF4N15O23S3. The lowest BCUT2D eigenvalue weighted by molar-refractivity contribution is -0.387. The molecule has 38 nitrogen and oxygen atoms in total. The normalized spacial score (nSPS) is 17.7. The first kappa shape index (κ1) is 96.3. The first-order valence-electron chi connectivity index (χ1n) is 38.0. The molecular weight excluding hydrogens is 1710 g/mol. The number of hydrogen-bond donors (Lipinski definition) is 6. The van der Waals surface area contributed by atoms with E-state index in [0.717, 1.165) is 59.7 Å². The zero-order valence-electron chi connectivity index (χ0n) is 67.4. The number of fused-ring (bicyclic) bond motifs is 1.